The first-order chi connectivity index (χ1) is 12.5. The molecule has 1 unspecified atom stereocenters. The minimum Gasteiger partial charge on any atom is -0.463 e. The van der Waals surface area contributed by atoms with Crippen LogP contribution in [0.25, 0.3) is 0 Å². The summed E-state index contributed by atoms with van der Waals surface area (Å²) in [6, 6.07) is 10.4. The lowest BCUT2D eigenvalue weighted by atomic mass is 10.1. The highest BCUT2D eigenvalue weighted by Gasteiger charge is 2.42. The molecule has 0 N–H and O–H groups in total. The van der Waals surface area contributed by atoms with Crippen molar-refractivity contribution in [1.29, 1.82) is 0 Å². The van der Waals surface area contributed by atoms with Crippen LogP contribution in [0.5, 0.6) is 0 Å². The topological polar surface area (TPSA) is 76.6 Å². The summed E-state index contributed by atoms with van der Waals surface area (Å²) in [6.07, 6.45) is 3.06. The standard InChI is InChI=1S/C18H17ClN2O4S/c1-2-25-18(22)14-10-12-21(17(14)16-15(19)9-6-11-20-16)26(23,24)13-7-4-3-5-8-13/h3-11,17H,2,12H2,1H3. The van der Waals surface area contributed by atoms with E-state index in [4.69, 9.17) is 16.3 Å². The monoisotopic (exact) mass is 392 g/mol. The lowest BCUT2D eigenvalue weighted by molar-refractivity contribution is -0.138. The molecule has 1 aliphatic heterocycles. The number of carbonyl (C=O) groups is 1. The Hall–Kier alpha value is -2.22. The number of ether oxygens (including phenoxy) is 1. The highest BCUT2D eigenvalue weighted by Crippen LogP contribution is 2.39. The number of pyridine rings is 1. The number of sulfonamides is 1. The Morgan fingerprint density at radius 1 is 1.27 bits per heavy atom. The third-order valence-electron chi connectivity index (χ3n) is 3.98. The molecule has 6 nitrogen and oxygen atoms in total. The van der Waals surface area contributed by atoms with Gasteiger partial charge < -0.3 is 4.74 Å². The van der Waals surface area contributed by atoms with Gasteiger partial charge >= 0.3 is 5.97 Å². The molecule has 0 bridgehead atoms. The van der Waals surface area contributed by atoms with Gasteiger partial charge in [-0.25, -0.2) is 13.2 Å². The Morgan fingerprint density at radius 2 is 2.00 bits per heavy atom. The van der Waals surface area contributed by atoms with Gasteiger partial charge in [-0.2, -0.15) is 4.31 Å². The normalized spacial score (nSPS) is 17.8. The van der Waals surface area contributed by atoms with E-state index in [-0.39, 0.29) is 28.6 Å². The molecule has 0 saturated heterocycles. The number of carbonyl (C=O) groups excluding carboxylic acids is 1. The van der Waals surface area contributed by atoms with Gasteiger partial charge in [-0.15, -0.1) is 0 Å². The third-order valence-corrected chi connectivity index (χ3v) is 6.15. The van der Waals surface area contributed by atoms with Crippen molar-refractivity contribution in [3.8, 4) is 0 Å². The van der Waals surface area contributed by atoms with E-state index in [2.05, 4.69) is 4.98 Å². The fourth-order valence-corrected chi connectivity index (χ4v) is 4.58. The summed E-state index contributed by atoms with van der Waals surface area (Å²) >= 11 is 6.25. The van der Waals surface area contributed by atoms with Gasteiger partial charge in [0.15, 0.2) is 0 Å². The van der Waals surface area contributed by atoms with Gasteiger partial charge in [0.1, 0.15) is 6.04 Å². The van der Waals surface area contributed by atoms with Gasteiger partial charge in [-0.3, -0.25) is 4.98 Å². The third kappa shape index (κ3) is 3.38. The smallest absolute Gasteiger partial charge is 0.335 e. The number of hydrogen-bond donors (Lipinski definition) is 0. The lowest BCUT2D eigenvalue weighted by Gasteiger charge is -2.26. The Kier molecular flexibility index (Phi) is 5.41. The number of hydrogen-bond acceptors (Lipinski definition) is 5. The minimum atomic E-state index is -3.86. The van der Waals surface area contributed by atoms with Crippen molar-refractivity contribution in [3.05, 3.63) is 71.0 Å². The highest BCUT2D eigenvalue weighted by molar-refractivity contribution is 7.89. The molecule has 26 heavy (non-hydrogen) atoms. The molecular formula is C18H17ClN2O4S. The van der Waals surface area contributed by atoms with Gasteiger partial charge in [0, 0.05) is 12.7 Å². The largest absolute Gasteiger partial charge is 0.463 e. The van der Waals surface area contributed by atoms with Crippen LogP contribution in [0.2, 0.25) is 5.02 Å². The van der Waals surface area contributed by atoms with Crippen LogP contribution in [0.15, 0.2) is 65.2 Å². The average Bonchev–Trinajstić information content (AvgIpc) is 3.09. The maximum atomic E-state index is 13.1. The summed E-state index contributed by atoms with van der Waals surface area (Å²) in [6.45, 7) is 1.90. The number of benzene rings is 1. The maximum Gasteiger partial charge on any atom is 0.335 e. The maximum absolute atomic E-state index is 13.1. The minimum absolute atomic E-state index is 0.0307. The van der Waals surface area contributed by atoms with Crippen LogP contribution in [0.3, 0.4) is 0 Å². The Morgan fingerprint density at radius 3 is 2.65 bits per heavy atom. The first kappa shape index (κ1) is 18.6. The predicted molar refractivity (Wildman–Crippen MR) is 97.0 cm³/mol. The van der Waals surface area contributed by atoms with E-state index in [9.17, 15) is 13.2 Å². The number of halogens is 1. The van der Waals surface area contributed by atoms with Crippen LogP contribution in [-0.4, -0.2) is 36.8 Å². The van der Waals surface area contributed by atoms with Crippen molar-refractivity contribution >= 4 is 27.6 Å². The van der Waals surface area contributed by atoms with E-state index >= 15 is 0 Å². The van der Waals surface area contributed by atoms with E-state index in [0.29, 0.717) is 5.69 Å². The van der Waals surface area contributed by atoms with Crippen molar-refractivity contribution in [3.63, 3.8) is 0 Å². The fourth-order valence-electron chi connectivity index (χ4n) is 2.82. The van der Waals surface area contributed by atoms with Gasteiger partial charge in [0.25, 0.3) is 0 Å². The SMILES string of the molecule is CCOC(=O)C1=CCN(S(=O)(=O)c2ccccc2)C1c1ncccc1Cl. The molecule has 0 spiro atoms. The molecule has 0 aliphatic carbocycles. The molecule has 1 atom stereocenters. The Balaban J connectivity index is 2.09. The average molecular weight is 393 g/mol. The van der Waals surface area contributed by atoms with Gasteiger partial charge in [-0.05, 0) is 31.2 Å². The molecule has 1 aromatic heterocycles. The lowest BCUT2D eigenvalue weighted by Crippen LogP contribution is -2.34. The van der Waals surface area contributed by atoms with Crippen LogP contribution in [-0.2, 0) is 19.6 Å². The molecule has 3 rings (SSSR count). The second-order valence-corrected chi connectivity index (χ2v) is 7.84. The number of esters is 1. The first-order valence-electron chi connectivity index (χ1n) is 8.01. The molecule has 8 heteroatoms. The van der Waals surface area contributed by atoms with E-state index in [1.165, 1.54) is 22.6 Å². The van der Waals surface area contributed by atoms with Gasteiger partial charge in [0.2, 0.25) is 10.0 Å². The second-order valence-electron chi connectivity index (χ2n) is 5.54. The molecule has 0 saturated carbocycles. The van der Waals surface area contributed by atoms with E-state index in [1.54, 1.807) is 43.3 Å². The van der Waals surface area contributed by atoms with E-state index in [1.807, 2.05) is 0 Å². The van der Waals surface area contributed by atoms with Crippen molar-refractivity contribution in [1.82, 2.24) is 9.29 Å². The number of rotatable bonds is 5. The summed E-state index contributed by atoms with van der Waals surface area (Å²) < 4.78 is 32.5. The molecule has 136 valence electrons. The van der Waals surface area contributed by atoms with E-state index < -0.39 is 22.0 Å². The predicted octanol–water partition coefficient (Wildman–Crippen LogP) is 2.97. The summed E-state index contributed by atoms with van der Waals surface area (Å²) in [5.41, 5.74) is 0.512. The van der Waals surface area contributed by atoms with Crippen LogP contribution < -0.4 is 0 Å². The first-order valence-corrected chi connectivity index (χ1v) is 9.83. The summed E-state index contributed by atoms with van der Waals surface area (Å²) in [5, 5.41) is 0.280. The summed E-state index contributed by atoms with van der Waals surface area (Å²) in [4.78, 5) is 16.7. The number of aromatic nitrogens is 1. The molecule has 0 fully saturated rings. The van der Waals surface area contributed by atoms with Crippen LogP contribution in [0, 0.1) is 0 Å². The zero-order chi connectivity index (χ0) is 18.7. The quantitative estimate of drug-likeness (QED) is 0.731. The molecule has 2 heterocycles. The molecule has 2 aromatic rings. The van der Waals surface area contributed by atoms with Crippen LogP contribution in [0.1, 0.15) is 18.7 Å². The van der Waals surface area contributed by atoms with Crippen molar-refractivity contribution in [2.75, 3.05) is 13.2 Å². The van der Waals surface area contributed by atoms with Crippen molar-refractivity contribution in [2.45, 2.75) is 17.9 Å². The van der Waals surface area contributed by atoms with Crippen molar-refractivity contribution in [2.24, 2.45) is 0 Å². The summed E-state index contributed by atoms with van der Waals surface area (Å²) in [7, 11) is -3.86. The van der Waals surface area contributed by atoms with Gasteiger partial charge in [0.05, 0.1) is 27.8 Å². The van der Waals surface area contributed by atoms with Crippen LogP contribution in [0.4, 0.5) is 0 Å². The van der Waals surface area contributed by atoms with Crippen molar-refractivity contribution < 1.29 is 17.9 Å². The Labute approximate surface area is 157 Å². The summed E-state index contributed by atoms with van der Waals surface area (Å²) in [5.74, 6) is -0.579. The molecular weight excluding hydrogens is 376 g/mol. The molecule has 1 aliphatic rings. The highest BCUT2D eigenvalue weighted by atomic mass is 35.5. The molecule has 0 amide bonds. The molecule has 0 radical (unpaired) electrons. The fraction of sp³-hybridized carbons (Fsp3) is 0.222. The molecule has 1 aromatic carbocycles. The number of nitrogens with zero attached hydrogens (tertiary/aromatic N) is 2. The second kappa shape index (κ2) is 7.57. The van der Waals surface area contributed by atoms with Crippen LogP contribution >= 0.6 is 11.6 Å². The van der Waals surface area contributed by atoms with Gasteiger partial charge in [-0.1, -0.05) is 35.9 Å². The van der Waals surface area contributed by atoms with E-state index in [0.717, 1.165) is 0 Å². The zero-order valence-electron chi connectivity index (χ0n) is 14.0. The zero-order valence-corrected chi connectivity index (χ0v) is 15.6. The Bertz CT molecular complexity index is 945.